The van der Waals surface area contributed by atoms with Crippen LogP contribution < -0.4 is 0 Å². The van der Waals surface area contributed by atoms with Crippen molar-refractivity contribution in [3.05, 3.63) is 0 Å². The summed E-state index contributed by atoms with van der Waals surface area (Å²) in [7, 11) is 0. The van der Waals surface area contributed by atoms with Gasteiger partial charge in [-0.3, -0.25) is 0 Å². The quantitative estimate of drug-likeness (QED) is 0.501. The van der Waals surface area contributed by atoms with Crippen LogP contribution in [0.3, 0.4) is 0 Å². The van der Waals surface area contributed by atoms with Gasteiger partial charge in [-0.1, -0.05) is 0 Å². The number of nitrogens with zero attached hydrogens (tertiary/aromatic N) is 1. The van der Waals surface area contributed by atoms with Gasteiger partial charge < -0.3 is 4.74 Å². The third-order valence-corrected chi connectivity index (χ3v) is 1.57. The van der Waals surface area contributed by atoms with Crippen molar-refractivity contribution < 1.29 is 4.74 Å². The summed E-state index contributed by atoms with van der Waals surface area (Å²) in [6.07, 6.45) is 0. The van der Waals surface area contributed by atoms with E-state index in [9.17, 15) is 0 Å². The summed E-state index contributed by atoms with van der Waals surface area (Å²) in [6, 6.07) is 2.19. The van der Waals surface area contributed by atoms with E-state index in [1.807, 2.05) is 6.92 Å². The molecule has 2 nitrogen and oxygen atoms in total. The van der Waals surface area contributed by atoms with Crippen LogP contribution in [0.4, 0.5) is 0 Å². The molecule has 0 aliphatic carbocycles. The van der Waals surface area contributed by atoms with Crippen molar-refractivity contribution in [3.8, 4) is 6.07 Å². The van der Waals surface area contributed by atoms with Crippen LogP contribution in [0.25, 0.3) is 0 Å². The molecule has 0 saturated carbocycles. The second-order valence-electron chi connectivity index (χ2n) is 2.22. The van der Waals surface area contributed by atoms with E-state index < -0.39 is 0 Å². The number of hydrogen-bond acceptors (Lipinski definition) is 2. The molecule has 0 amide bonds. The van der Waals surface area contributed by atoms with E-state index in [2.05, 4.69) is 6.07 Å². The van der Waals surface area contributed by atoms with Crippen molar-refractivity contribution >= 4 is 0 Å². The molecule has 1 heterocycles. The van der Waals surface area contributed by atoms with Crippen molar-refractivity contribution in [2.75, 3.05) is 13.2 Å². The largest absolute Gasteiger partial charge is 0.381 e. The average molecular weight is 111 g/mol. The predicted molar refractivity (Wildman–Crippen MR) is 29.1 cm³/mol. The molecule has 8 heavy (non-hydrogen) atoms. The second kappa shape index (κ2) is 2.15. The first-order chi connectivity index (χ1) is 3.84. The van der Waals surface area contributed by atoms with Gasteiger partial charge in [0, 0.05) is 5.92 Å². The first kappa shape index (κ1) is 5.58. The van der Waals surface area contributed by atoms with E-state index in [0.717, 1.165) is 13.2 Å². The van der Waals surface area contributed by atoms with Crippen molar-refractivity contribution in [3.63, 3.8) is 0 Å². The molecule has 2 heteroatoms. The maximum atomic E-state index is 8.36. The Labute approximate surface area is 49.1 Å². The molecule has 1 fully saturated rings. The lowest BCUT2D eigenvalue weighted by atomic mass is 9.94. The molecule has 1 rings (SSSR count). The van der Waals surface area contributed by atoms with Gasteiger partial charge in [-0.05, 0) is 6.92 Å². The molecule has 0 aromatic heterocycles. The van der Waals surface area contributed by atoms with Gasteiger partial charge in [-0.15, -0.1) is 0 Å². The zero-order valence-corrected chi connectivity index (χ0v) is 4.92. The molecule has 1 aliphatic rings. The first-order valence-corrected chi connectivity index (χ1v) is 2.82. The monoisotopic (exact) mass is 111 g/mol. The van der Waals surface area contributed by atoms with Gasteiger partial charge in [0.1, 0.15) is 0 Å². The fourth-order valence-corrected chi connectivity index (χ4v) is 0.648. The molecule has 1 aliphatic heterocycles. The van der Waals surface area contributed by atoms with E-state index in [-0.39, 0.29) is 5.92 Å². The van der Waals surface area contributed by atoms with Crippen LogP contribution >= 0.6 is 0 Å². The zero-order valence-electron chi connectivity index (χ0n) is 4.92. The van der Waals surface area contributed by atoms with Gasteiger partial charge in [0.25, 0.3) is 0 Å². The molecule has 0 aromatic rings. The maximum absolute atomic E-state index is 8.36. The Balaban J connectivity index is 2.26. The number of ether oxygens (including phenoxy) is 1. The standard InChI is InChI=1S/C6H9NO/c1-5(2-7)6-3-8-4-6/h5-6H,3-4H2,1H3. The second-order valence-corrected chi connectivity index (χ2v) is 2.22. The van der Waals surface area contributed by atoms with Crippen LogP contribution in [0.15, 0.2) is 0 Å². The Kier molecular flexibility index (Phi) is 1.50. The van der Waals surface area contributed by atoms with E-state index in [0.29, 0.717) is 5.92 Å². The minimum absolute atomic E-state index is 0.184. The Hall–Kier alpha value is -0.550. The number of nitriles is 1. The smallest absolute Gasteiger partial charge is 0.0657 e. The third kappa shape index (κ3) is 0.823. The molecule has 1 atom stereocenters. The summed E-state index contributed by atoms with van der Waals surface area (Å²) in [5.74, 6) is 0.698. The Bertz CT molecular complexity index is 112. The molecule has 1 saturated heterocycles. The average Bonchev–Trinajstić information content (AvgIpc) is 1.62. The van der Waals surface area contributed by atoms with Crippen molar-refractivity contribution in [1.82, 2.24) is 0 Å². The van der Waals surface area contributed by atoms with E-state index >= 15 is 0 Å². The lowest BCUT2D eigenvalue weighted by Crippen LogP contribution is -2.32. The summed E-state index contributed by atoms with van der Waals surface area (Å²) in [6.45, 7) is 3.51. The Morgan fingerprint density at radius 1 is 1.75 bits per heavy atom. The molecular weight excluding hydrogens is 102 g/mol. The summed E-state index contributed by atoms with van der Waals surface area (Å²) in [5.41, 5.74) is 0. The van der Waals surface area contributed by atoms with E-state index in [1.54, 1.807) is 0 Å². The maximum Gasteiger partial charge on any atom is 0.0657 e. The topological polar surface area (TPSA) is 33.0 Å². The highest BCUT2D eigenvalue weighted by Crippen LogP contribution is 2.18. The minimum atomic E-state index is 0.184. The molecule has 0 bridgehead atoms. The van der Waals surface area contributed by atoms with E-state index in [1.165, 1.54) is 0 Å². The highest BCUT2D eigenvalue weighted by molar-refractivity contribution is 4.87. The van der Waals surface area contributed by atoms with Crippen LogP contribution in [-0.2, 0) is 4.74 Å². The summed E-state index contributed by atoms with van der Waals surface area (Å²) in [4.78, 5) is 0. The van der Waals surface area contributed by atoms with Gasteiger partial charge in [-0.2, -0.15) is 5.26 Å². The normalized spacial score (nSPS) is 23.5. The Morgan fingerprint density at radius 3 is 2.50 bits per heavy atom. The van der Waals surface area contributed by atoms with Crippen molar-refractivity contribution in [2.45, 2.75) is 6.92 Å². The summed E-state index contributed by atoms with van der Waals surface area (Å²) in [5, 5.41) is 8.36. The fraction of sp³-hybridized carbons (Fsp3) is 0.833. The van der Waals surface area contributed by atoms with Crippen molar-refractivity contribution in [1.29, 1.82) is 5.26 Å². The SMILES string of the molecule is CC(C#N)C1COC1. The first-order valence-electron chi connectivity index (χ1n) is 2.82. The molecular formula is C6H9NO. The van der Waals surface area contributed by atoms with Gasteiger partial charge in [-0.25, -0.2) is 0 Å². The molecule has 44 valence electrons. The fourth-order valence-electron chi connectivity index (χ4n) is 0.648. The van der Waals surface area contributed by atoms with Gasteiger partial charge >= 0.3 is 0 Å². The minimum Gasteiger partial charge on any atom is -0.381 e. The zero-order chi connectivity index (χ0) is 5.98. The predicted octanol–water partition coefficient (Wildman–Crippen LogP) is 0.792. The van der Waals surface area contributed by atoms with Gasteiger partial charge in [0.05, 0.1) is 25.2 Å². The lowest BCUT2D eigenvalue weighted by molar-refractivity contribution is -0.0468. The molecule has 1 unspecified atom stereocenters. The van der Waals surface area contributed by atoms with E-state index in [4.69, 9.17) is 10.00 Å². The number of rotatable bonds is 1. The number of hydrogen-bond donors (Lipinski definition) is 0. The highest BCUT2D eigenvalue weighted by Gasteiger charge is 2.24. The summed E-state index contributed by atoms with van der Waals surface area (Å²) >= 11 is 0. The Morgan fingerprint density at radius 2 is 2.38 bits per heavy atom. The lowest BCUT2D eigenvalue weighted by Gasteiger charge is -2.27. The van der Waals surface area contributed by atoms with Crippen LogP contribution in [0, 0.1) is 23.2 Å². The van der Waals surface area contributed by atoms with Gasteiger partial charge in [0.15, 0.2) is 0 Å². The van der Waals surface area contributed by atoms with Crippen LogP contribution in [0.1, 0.15) is 6.92 Å². The molecule has 0 spiro atoms. The van der Waals surface area contributed by atoms with Gasteiger partial charge in [0.2, 0.25) is 0 Å². The summed E-state index contributed by atoms with van der Waals surface area (Å²) < 4.78 is 4.91. The molecule has 0 radical (unpaired) electrons. The van der Waals surface area contributed by atoms with Crippen molar-refractivity contribution in [2.24, 2.45) is 11.8 Å². The van der Waals surface area contributed by atoms with Crippen LogP contribution in [0.2, 0.25) is 0 Å². The molecule has 0 aromatic carbocycles. The highest BCUT2D eigenvalue weighted by atomic mass is 16.5. The molecule has 0 N–H and O–H groups in total. The van der Waals surface area contributed by atoms with Crippen LogP contribution in [-0.4, -0.2) is 13.2 Å². The third-order valence-electron chi connectivity index (χ3n) is 1.57. The van der Waals surface area contributed by atoms with Crippen LogP contribution in [0.5, 0.6) is 0 Å².